The maximum atomic E-state index is 11.6. The second-order valence-corrected chi connectivity index (χ2v) is 6.77. The number of piperidine rings is 1. The monoisotopic (exact) mass is 248 g/mol. The number of aliphatic hydroxyl groups excluding tert-OH is 1. The first kappa shape index (κ1) is 12.3. The fourth-order valence-electron chi connectivity index (χ4n) is 2.49. The molecule has 2 heterocycles. The molecule has 5 nitrogen and oxygen atoms in total. The Morgan fingerprint density at radius 3 is 2.88 bits per heavy atom. The van der Waals surface area contributed by atoms with Gasteiger partial charge in [-0.1, -0.05) is 0 Å². The Bertz CT molecular complexity index is 331. The molecule has 2 saturated heterocycles. The molecule has 2 aliphatic rings. The molecule has 2 aliphatic heterocycles. The number of nitrogens with one attached hydrogen (secondary N) is 1. The first-order chi connectivity index (χ1) is 7.59. The highest BCUT2D eigenvalue weighted by Gasteiger charge is 2.30. The van der Waals surface area contributed by atoms with E-state index in [0.717, 1.165) is 25.8 Å². The molecule has 0 saturated carbocycles. The molecule has 0 aromatic carbocycles. The molecule has 2 N–H and O–H groups in total. The highest BCUT2D eigenvalue weighted by Crippen LogP contribution is 2.20. The van der Waals surface area contributed by atoms with E-state index in [1.54, 1.807) is 4.31 Å². The van der Waals surface area contributed by atoms with Gasteiger partial charge >= 0.3 is 0 Å². The molecule has 0 aliphatic carbocycles. The molecule has 2 fully saturated rings. The predicted octanol–water partition coefficient (Wildman–Crippen LogP) is -0.618. The van der Waals surface area contributed by atoms with Crippen LogP contribution >= 0.6 is 0 Å². The SMILES string of the molecule is O=S1(=O)CCCN1CC[C@@H]1CCNC[C@H]1O. The minimum absolute atomic E-state index is 0.247. The zero-order valence-corrected chi connectivity index (χ0v) is 10.2. The highest BCUT2D eigenvalue weighted by molar-refractivity contribution is 7.89. The molecule has 0 unspecified atom stereocenters. The number of rotatable bonds is 3. The Morgan fingerprint density at radius 2 is 2.25 bits per heavy atom. The summed E-state index contributed by atoms with van der Waals surface area (Å²) in [5.74, 6) is 0.541. The van der Waals surface area contributed by atoms with Crippen LogP contribution in [0, 0.1) is 5.92 Å². The van der Waals surface area contributed by atoms with Crippen LogP contribution in [-0.2, 0) is 10.0 Å². The third kappa shape index (κ3) is 2.74. The van der Waals surface area contributed by atoms with Gasteiger partial charge in [0.2, 0.25) is 10.0 Å². The van der Waals surface area contributed by atoms with E-state index in [-0.39, 0.29) is 12.0 Å². The lowest BCUT2D eigenvalue weighted by molar-refractivity contribution is 0.0745. The summed E-state index contributed by atoms with van der Waals surface area (Å²) in [4.78, 5) is 0. The van der Waals surface area contributed by atoms with Gasteiger partial charge in [0.25, 0.3) is 0 Å². The van der Waals surface area contributed by atoms with Gasteiger partial charge in [0.05, 0.1) is 11.9 Å². The molecule has 0 aromatic heterocycles. The molecule has 2 atom stereocenters. The molecule has 0 amide bonds. The van der Waals surface area contributed by atoms with Crippen molar-refractivity contribution in [3.8, 4) is 0 Å². The van der Waals surface area contributed by atoms with Crippen molar-refractivity contribution in [3.05, 3.63) is 0 Å². The Kier molecular flexibility index (Phi) is 3.84. The van der Waals surface area contributed by atoms with Gasteiger partial charge in [0.15, 0.2) is 0 Å². The van der Waals surface area contributed by atoms with Gasteiger partial charge in [0, 0.05) is 19.6 Å². The topological polar surface area (TPSA) is 69.6 Å². The number of β-amino-alcohol motifs (C(OH)–C–C–N with tert-alkyl or cyclic N) is 1. The van der Waals surface area contributed by atoms with Gasteiger partial charge in [-0.15, -0.1) is 0 Å². The number of hydrogen-bond acceptors (Lipinski definition) is 4. The summed E-state index contributed by atoms with van der Waals surface area (Å²) in [5.41, 5.74) is 0. The smallest absolute Gasteiger partial charge is 0.214 e. The fraction of sp³-hybridized carbons (Fsp3) is 1.00. The minimum Gasteiger partial charge on any atom is -0.392 e. The van der Waals surface area contributed by atoms with Crippen molar-refractivity contribution in [2.45, 2.75) is 25.4 Å². The van der Waals surface area contributed by atoms with Gasteiger partial charge < -0.3 is 10.4 Å². The molecule has 0 aromatic rings. The van der Waals surface area contributed by atoms with Gasteiger partial charge in [-0.05, 0) is 31.7 Å². The van der Waals surface area contributed by atoms with Gasteiger partial charge in [0.1, 0.15) is 0 Å². The second-order valence-electron chi connectivity index (χ2n) is 4.68. The molecule has 6 heteroatoms. The van der Waals surface area contributed by atoms with Gasteiger partial charge in [-0.3, -0.25) is 0 Å². The molecule has 0 bridgehead atoms. The first-order valence-corrected chi connectivity index (χ1v) is 7.57. The third-order valence-electron chi connectivity index (χ3n) is 3.54. The van der Waals surface area contributed by atoms with Crippen LogP contribution in [0.3, 0.4) is 0 Å². The van der Waals surface area contributed by atoms with Crippen LogP contribution in [0.5, 0.6) is 0 Å². The molecule has 2 rings (SSSR count). The van der Waals surface area contributed by atoms with Crippen molar-refractivity contribution in [1.29, 1.82) is 0 Å². The summed E-state index contributed by atoms with van der Waals surface area (Å²) >= 11 is 0. The van der Waals surface area contributed by atoms with Crippen molar-refractivity contribution >= 4 is 10.0 Å². The summed E-state index contributed by atoms with van der Waals surface area (Å²) in [7, 11) is -2.97. The van der Waals surface area contributed by atoms with E-state index in [1.165, 1.54) is 0 Å². The lowest BCUT2D eigenvalue weighted by atomic mass is 9.92. The highest BCUT2D eigenvalue weighted by atomic mass is 32.2. The molecular weight excluding hydrogens is 228 g/mol. The van der Waals surface area contributed by atoms with Crippen LogP contribution in [-0.4, -0.2) is 55.9 Å². The lowest BCUT2D eigenvalue weighted by Gasteiger charge is -2.29. The Hall–Kier alpha value is -0.170. The number of nitrogens with zero attached hydrogens (tertiary/aromatic N) is 1. The molecule has 94 valence electrons. The van der Waals surface area contributed by atoms with E-state index >= 15 is 0 Å². The van der Waals surface area contributed by atoms with Crippen molar-refractivity contribution < 1.29 is 13.5 Å². The zero-order valence-electron chi connectivity index (χ0n) is 9.43. The quantitative estimate of drug-likeness (QED) is 0.698. The predicted molar refractivity (Wildman–Crippen MR) is 61.6 cm³/mol. The summed E-state index contributed by atoms with van der Waals surface area (Å²) in [6, 6.07) is 0. The number of aliphatic hydroxyl groups is 1. The maximum absolute atomic E-state index is 11.6. The van der Waals surface area contributed by atoms with Crippen molar-refractivity contribution in [1.82, 2.24) is 9.62 Å². The lowest BCUT2D eigenvalue weighted by Crippen LogP contribution is -2.42. The first-order valence-electron chi connectivity index (χ1n) is 5.96. The van der Waals surface area contributed by atoms with Gasteiger partial charge in [-0.25, -0.2) is 12.7 Å². The third-order valence-corrected chi connectivity index (χ3v) is 5.50. The van der Waals surface area contributed by atoms with E-state index < -0.39 is 10.0 Å². The normalized spacial score (nSPS) is 35.3. The average Bonchev–Trinajstić information content (AvgIpc) is 2.57. The Morgan fingerprint density at radius 1 is 1.44 bits per heavy atom. The zero-order chi connectivity index (χ0) is 11.6. The van der Waals surface area contributed by atoms with E-state index in [1.807, 2.05) is 0 Å². The largest absolute Gasteiger partial charge is 0.392 e. The molecule has 0 spiro atoms. The molecule has 0 radical (unpaired) electrons. The molecular formula is C10H20N2O3S. The van der Waals surface area contributed by atoms with E-state index in [4.69, 9.17) is 0 Å². The summed E-state index contributed by atoms with van der Waals surface area (Å²) < 4.78 is 24.7. The number of hydrogen-bond donors (Lipinski definition) is 2. The van der Waals surface area contributed by atoms with Crippen molar-refractivity contribution in [3.63, 3.8) is 0 Å². The summed E-state index contributed by atoms with van der Waals surface area (Å²) in [6.07, 6.45) is 2.15. The van der Waals surface area contributed by atoms with E-state index in [2.05, 4.69) is 5.32 Å². The summed E-state index contributed by atoms with van der Waals surface area (Å²) in [5, 5.41) is 12.9. The standard InChI is InChI=1S/C10H20N2O3S/c13-10-8-11-4-2-9(10)3-6-12-5-1-7-16(12,14)15/h9-11,13H,1-8H2/t9-,10+/m0/s1. The maximum Gasteiger partial charge on any atom is 0.214 e. The van der Waals surface area contributed by atoms with Crippen molar-refractivity contribution in [2.24, 2.45) is 5.92 Å². The van der Waals surface area contributed by atoms with Crippen molar-refractivity contribution in [2.75, 3.05) is 31.9 Å². The Labute approximate surface area is 96.9 Å². The van der Waals surface area contributed by atoms with Gasteiger partial charge in [-0.2, -0.15) is 0 Å². The van der Waals surface area contributed by atoms with Crippen LogP contribution in [0.25, 0.3) is 0 Å². The average molecular weight is 248 g/mol. The van der Waals surface area contributed by atoms with Crippen LogP contribution in [0.15, 0.2) is 0 Å². The van der Waals surface area contributed by atoms with E-state index in [0.29, 0.717) is 25.4 Å². The number of sulfonamides is 1. The summed E-state index contributed by atoms with van der Waals surface area (Å²) in [6.45, 7) is 2.79. The second kappa shape index (κ2) is 5.00. The minimum atomic E-state index is -2.97. The molecule has 16 heavy (non-hydrogen) atoms. The van der Waals surface area contributed by atoms with Crippen LogP contribution in [0.2, 0.25) is 0 Å². The van der Waals surface area contributed by atoms with Crippen LogP contribution in [0.4, 0.5) is 0 Å². The van der Waals surface area contributed by atoms with Crippen LogP contribution in [0.1, 0.15) is 19.3 Å². The van der Waals surface area contributed by atoms with E-state index in [9.17, 15) is 13.5 Å². The Balaban J connectivity index is 1.82. The fourth-order valence-corrected chi connectivity index (χ4v) is 4.03. The van der Waals surface area contributed by atoms with Crippen LogP contribution < -0.4 is 5.32 Å².